The fourth-order valence-electron chi connectivity index (χ4n) is 4.16. The van der Waals surface area contributed by atoms with Crippen molar-refractivity contribution in [1.82, 2.24) is 24.9 Å². The van der Waals surface area contributed by atoms with Gasteiger partial charge in [0.2, 0.25) is 23.5 Å². The molecular formula is C22H26N6O3S2. The van der Waals surface area contributed by atoms with Crippen LogP contribution in [-0.2, 0) is 22.4 Å². The van der Waals surface area contributed by atoms with Gasteiger partial charge >= 0.3 is 0 Å². The van der Waals surface area contributed by atoms with E-state index in [0.717, 1.165) is 69.1 Å². The van der Waals surface area contributed by atoms with E-state index in [4.69, 9.17) is 4.52 Å². The molecule has 2 fully saturated rings. The van der Waals surface area contributed by atoms with Gasteiger partial charge in [-0.1, -0.05) is 11.2 Å². The molecule has 0 N–H and O–H groups in total. The Morgan fingerprint density at radius 3 is 2.76 bits per heavy atom. The van der Waals surface area contributed by atoms with Crippen LogP contribution < -0.4 is 4.90 Å². The highest BCUT2D eigenvalue weighted by Gasteiger charge is 2.26. The molecular weight excluding hydrogens is 460 g/mol. The van der Waals surface area contributed by atoms with Crippen LogP contribution in [0.4, 0.5) is 5.13 Å². The van der Waals surface area contributed by atoms with Gasteiger partial charge in [-0.15, -0.1) is 22.7 Å². The normalized spacial score (nSPS) is 17.3. The first-order chi connectivity index (χ1) is 16.2. The Bertz CT molecular complexity index is 1090. The summed E-state index contributed by atoms with van der Waals surface area (Å²) in [6.45, 7) is 4.84. The van der Waals surface area contributed by atoms with E-state index in [1.54, 1.807) is 16.2 Å². The average Bonchev–Trinajstić information content (AvgIpc) is 3.62. The number of thiophene rings is 1. The molecule has 33 heavy (non-hydrogen) atoms. The van der Waals surface area contributed by atoms with Gasteiger partial charge in [0, 0.05) is 50.9 Å². The van der Waals surface area contributed by atoms with Crippen LogP contribution in [0.2, 0.25) is 0 Å². The molecule has 2 aliphatic heterocycles. The molecule has 0 aliphatic carbocycles. The van der Waals surface area contributed by atoms with Gasteiger partial charge in [-0.05, 0) is 30.8 Å². The van der Waals surface area contributed by atoms with Gasteiger partial charge in [0.15, 0.2) is 5.13 Å². The van der Waals surface area contributed by atoms with Crippen LogP contribution in [0.5, 0.6) is 0 Å². The molecule has 0 aromatic carbocycles. The lowest BCUT2D eigenvalue weighted by Crippen LogP contribution is -2.49. The first-order valence-corrected chi connectivity index (χ1v) is 13.0. The highest BCUT2D eigenvalue weighted by Crippen LogP contribution is 2.26. The molecule has 11 heteroatoms. The van der Waals surface area contributed by atoms with Crippen LogP contribution in [0.1, 0.15) is 30.8 Å². The molecule has 0 spiro atoms. The zero-order valence-electron chi connectivity index (χ0n) is 18.3. The summed E-state index contributed by atoms with van der Waals surface area (Å²) in [5.41, 5.74) is 0.753. The zero-order valence-corrected chi connectivity index (χ0v) is 19.9. The van der Waals surface area contributed by atoms with Crippen LogP contribution in [0.25, 0.3) is 10.7 Å². The van der Waals surface area contributed by atoms with E-state index in [0.29, 0.717) is 29.7 Å². The fourth-order valence-corrected chi connectivity index (χ4v) is 5.67. The Kier molecular flexibility index (Phi) is 6.79. The van der Waals surface area contributed by atoms with Gasteiger partial charge in [-0.3, -0.25) is 19.4 Å². The predicted octanol–water partition coefficient (Wildman–Crippen LogP) is 2.70. The maximum atomic E-state index is 12.7. The van der Waals surface area contributed by atoms with Gasteiger partial charge in [0.05, 0.1) is 17.0 Å². The number of rotatable bonds is 8. The molecule has 2 saturated heterocycles. The lowest BCUT2D eigenvalue weighted by Gasteiger charge is -2.34. The summed E-state index contributed by atoms with van der Waals surface area (Å²) < 4.78 is 5.37. The number of aromatic nitrogens is 3. The second-order valence-electron chi connectivity index (χ2n) is 8.26. The van der Waals surface area contributed by atoms with Crippen LogP contribution in [-0.4, -0.2) is 76.0 Å². The van der Waals surface area contributed by atoms with Crippen molar-refractivity contribution in [3.63, 3.8) is 0 Å². The molecule has 5 heterocycles. The molecule has 0 unspecified atom stereocenters. The number of carbonyl (C=O) groups excluding carboxylic acids is 2. The van der Waals surface area contributed by atoms with E-state index in [1.807, 2.05) is 27.8 Å². The Morgan fingerprint density at radius 1 is 1.12 bits per heavy atom. The molecule has 0 bridgehead atoms. The molecule has 174 valence electrons. The van der Waals surface area contributed by atoms with Crippen molar-refractivity contribution in [1.29, 1.82) is 0 Å². The minimum atomic E-state index is 0.103. The summed E-state index contributed by atoms with van der Waals surface area (Å²) >= 11 is 3.05. The van der Waals surface area contributed by atoms with E-state index < -0.39 is 0 Å². The number of aryl methyl sites for hydroxylation is 1. The highest BCUT2D eigenvalue weighted by molar-refractivity contribution is 7.14. The van der Waals surface area contributed by atoms with Gasteiger partial charge in [-0.2, -0.15) is 4.98 Å². The number of carbonyl (C=O) groups is 2. The van der Waals surface area contributed by atoms with E-state index in [1.165, 1.54) is 11.3 Å². The summed E-state index contributed by atoms with van der Waals surface area (Å²) in [7, 11) is 0. The second kappa shape index (κ2) is 10.1. The molecule has 2 aliphatic rings. The van der Waals surface area contributed by atoms with Crippen molar-refractivity contribution < 1.29 is 14.1 Å². The summed E-state index contributed by atoms with van der Waals surface area (Å²) in [4.78, 5) is 40.7. The van der Waals surface area contributed by atoms with Gasteiger partial charge < -0.3 is 9.42 Å². The Hall–Kier alpha value is -2.63. The lowest BCUT2D eigenvalue weighted by atomic mass is 10.2. The summed E-state index contributed by atoms with van der Waals surface area (Å²) in [5, 5.41) is 8.67. The van der Waals surface area contributed by atoms with E-state index in [9.17, 15) is 9.59 Å². The average molecular weight is 487 g/mol. The second-order valence-corrected chi connectivity index (χ2v) is 10.0. The van der Waals surface area contributed by atoms with Crippen molar-refractivity contribution in [2.75, 3.05) is 44.2 Å². The predicted molar refractivity (Wildman–Crippen MR) is 126 cm³/mol. The minimum Gasteiger partial charge on any atom is -0.340 e. The molecule has 3 aromatic rings. The standard InChI is InChI=1S/C22H26N6O3S2/c29-19-6-2-8-28(19)22-23-16(15-33-22)14-20(30)27-11-9-26(10-12-27)7-1-5-18-24-21(25-31-18)17-4-3-13-32-17/h3-4,13,15H,1-2,5-12,14H2. The molecule has 2 amide bonds. The highest BCUT2D eigenvalue weighted by atomic mass is 32.1. The van der Waals surface area contributed by atoms with Crippen molar-refractivity contribution >= 4 is 39.6 Å². The lowest BCUT2D eigenvalue weighted by molar-refractivity contribution is -0.132. The number of amides is 2. The van der Waals surface area contributed by atoms with E-state index >= 15 is 0 Å². The zero-order chi connectivity index (χ0) is 22.6. The van der Waals surface area contributed by atoms with E-state index in [2.05, 4.69) is 20.0 Å². The van der Waals surface area contributed by atoms with Gasteiger partial charge in [0.25, 0.3) is 0 Å². The van der Waals surface area contributed by atoms with Crippen molar-refractivity contribution in [2.24, 2.45) is 0 Å². The number of anilines is 1. The van der Waals surface area contributed by atoms with Crippen LogP contribution in [0, 0.1) is 0 Å². The molecule has 5 rings (SSSR count). The summed E-state index contributed by atoms with van der Waals surface area (Å²) in [6, 6.07) is 3.97. The molecule has 0 atom stereocenters. The fraction of sp³-hybridized carbons (Fsp3) is 0.500. The summed E-state index contributed by atoms with van der Waals surface area (Å²) in [6.07, 6.45) is 3.45. The van der Waals surface area contributed by atoms with Crippen LogP contribution >= 0.6 is 22.7 Å². The van der Waals surface area contributed by atoms with Crippen molar-refractivity contribution in [3.05, 3.63) is 34.5 Å². The Balaban J connectivity index is 1.03. The largest absolute Gasteiger partial charge is 0.340 e. The molecule has 0 saturated carbocycles. The number of nitrogens with zero attached hydrogens (tertiary/aromatic N) is 6. The van der Waals surface area contributed by atoms with Crippen molar-refractivity contribution in [3.8, 4) is 10.7 Å². The minimum absolute atomic E-state index is 0.103. The Morgan fingerprint density at radius 2 is 2.00 bits per heavy atom. The van der Waals surface area contributed by atoms with Crippen LogP contribution in [0.3, 0.4) is 0 Å². The molecule has 0 radical (unpaired) electrons. The van der Waals surface area contributed by atoms with Gasteiger partial charge in [0.1, 0.15) is 0 Å². The smallest absolute Gasteiger partial charge is 0.228 e. The third-order valence-electron chi connectivity index (χ3n) is 5.98. The topological polar surface area (TPSA) is 95.7 Å². The number of hydrogen-bond donors (Lipinski definition) is 0. The number of thiazole rings is 1. The van der Waals surface area contributed by atoms with Crippen LogP contribution in [0.15, 0.2) is 27.4 Å². The monoisotopic (exact) mass is 486 g/mol. The maximum absolute atomic E-state index is 12.7. The number of hydrogen-bond acceptors (Lipinski definition) is 9. The molecule has 9 nitrogen and oxygen atoms in total. The van der Waals surface area contributed by atoms with E-state index in [-0.39, 0.29) is 11.8 Å². The molecule has 3 aromatic heterocycles. The third-order valence-corrected chi connectivity index (χ3v) is 7.75. The summed E-state index contributed by atoms with van der Waals surface area (Å²) in [5.74, 6) is 1.56. The maximum Gasteiger partial charge on any atom is 0.228 e. The third kappa shape index (κ3) is 5.31. The first kappa shape index (κ1) is 22.2. The van der Waals surface area contributed by atoms with Gasteiger partial charge in [-0.25, -0.2) is 4.98 Å². The first-order valence-electron chi connectivity index (χ1n) is 11.3. The number of piperazine rings is 1. The SMILES string of the molecule is O=C(Cc1csc(N2CCCC2=O)n1)N1CCN(CCCc2nc(-c3cccs3)no2)CC1. The quantitative estimate of drug-likeness (QED) is 0.483. The Labute approximate surface area is 200 Å². The van der Waals surface area contributed by atoms with Crippen molar-refractivity contribution in [2.45, 2.75) is 32.1 Å².